The average molecular weight is 331 g/mol. The Morgan fingerprint density at radius 3 is 2.78 bits per heavy atom. The van der Waals surface area contributed by atoms with Gasteiger partial charge in [-0.15, -0.1) is 0 Å². The van der Waals surface area contributed by atoms with Crippen LogP contribution in [0.1, 0.15) is 21.5 Å². The Balaban J connectivity index is 1.88. The minimum Gasteiger partial charge on any atom is -0.334 e. The van der Waals surface area contributed by atoms with Gasteiger partial charge in [0.2, 0.25) is 10.0 Å². The highest BCUT2D eigenvalue weighted by Crippen LogP contribution is 2.23. The maximum Gasteiger partial charge on any atom is 0.255 e. The molecule has 0 bridgehead atoms. The van der Waals surface area contributed by atoms with E-state index in [-0.39, 0.29) is 10.8 Å². The van der Waals surface area contributed by atoms with E-state index in [4.69, 9.17) is 0 Å². The van der Waals surface area contributed by atoms with Crippen LogP contribution < -0.4 is 4.72 Å². The third-order valence-electron chi connectivity index (χ3n) is 3.96. The predicted molar refractivity (Wildman–Crippen MR) is 85.4 cm³/mol. The number of carbonyl (C=O) groups excluding carboxylic acids is 1. The van der Waals surface area contributed by atoms with Crippen LogP contribution in [0.2, 0.25) is 0 Å². The van der Waals surface area contributed by atoms with Crippen LogP contribution in [0.5, 0.6) is 0 Å². The van der Waals surface area contributed by atoms with Crippen LogP contribution in [-0.4, -0.2) is 37.8 Å². The molecular formula is C16H17N3O3S. The van der Waals surface area contributed by atoms with Gasteiger partial charge in [-0.3, -0.25) is 9.78 Å². The molecule has 0 spiro atoms. The number of hydrogen-bond acceptors (Lipinski definition) is 4. The summed E-state index contributed by atoms with van der Waals surface area (Å²) in [5.74, 6) is -0.0920. The molecule has 1 aromatic heterocycles. The van der Waals surface area contributed by atoms with Crippen LogP contribution in [0.25, 0.3) is 0 Å². The molecule has 0 saturated heterocycles. The number of sulfonamides is 1. The van der Waals surface area contributed by atoms with Gasteiger partial charge < -0.3 is 4.90 Å². The van der Waals surface area contributed by atoms with Crippen molar-refractivity contribution < 1.29 is 13.2 Å². The summed E-state index contributed by atoms with van der Waals surface area (Å²) in [6.45, 7) is 1.01. The molecule has 1 aromatic carbocycles. The Morgan fingerprint density at radius 1 is 1.26 bits per heavy atom. The van der Waals surface area contributed by atoms with Gasteiger partial charge in [0.25, 0.3) is 5.91 Å². The first-order valence-corrected chi connectivity index (χ1v) is 8.74. The third kappa shape index (κ3) is 3.11. The highest BCUT2D eigenvalue weighted by atomic mass is 32.2. The minimum absolute atomic E-state index is 0.0920. The summed E-state index contributed by atoms with van der Waals surface area (Å²) in [6, 6.07) is 8.52. The van der Waals surface area contributed by atoms with E-state index in [0.29, 0.717) is 25.1 Å². The fraction of sp³-hybridized carbons (Fsp3) is 0.250. The van der Waals surface area contributed by atoms with Crippen LogP contribution in [0.15, 0.2) is 47.6 Å². The van der Waals surface area contributed by atoms with Crippen molar-refractivity contribution in [3.05, 3.63) is 59.4 Å². The standard InChI is InChI=1S/C16H17N3O3S/c1-17-23(21,22)15-5-4-12-6-8-19(11-14(12)9-15)16(20)13-3-2-7-18-10-13/h2-5,7,9-10,17H,6,8,11H2,1H3. The number of carbonyl (C=O) groups is 1. The lowest BCUT2D eigenvalue weighted by atomic mass is 9.99. The Labute approximate surface area is 135 Å². The molecule has 2 heterocycles. The lowest BCUT2D eigenvalue weighted by molar-refractivity contribution is 0.0734. The SMILES string of the molecule is CNS(=O)(=O)c1ccc2c(c1)CN(C(=O)c1cccnc1)CC2. The summed E-state index contributed by atoms with van der Waals surface area (Å²) in [4.78, 5) is 18.4. The fourth-order valence-corrected chi connectivity index (χ4v) is 3.44. The van der Waals surface area contributed by atoms with E-state index in [1.54, 1.807) is 41.6 Å². The van der Waals surface area contributed by atoms with Gasteiger partial charge in [0.1, 0.15) is 0 Å². The molecular weight excluding hydrogens is 314 g/mol. The molecule has 1 aliphatic heterocycles. The largest absolute Gasteiger partial charge is 0.334 e. The molecule has 1 N–H and O–H groups in total. The summed E-state index contributed by atoms with van der Waals surface area (Å²) >= 11 is 0. The van der Waals surface area contributed by atoms with Crippen molar-refractivity contribution in [1.29, 1.82) is 0 Å². The van der Waals surface area contributed by atoms with Gasteiger partial charge >= 0.3 is 0 Å². The lowest BCUT2D eigenvalue weighted by Crippen LogP contribution is -2.36. The van der Waals surface area contributed by atoms with Crippen molar-refractivity contribution in [3.63, 3.8) is 0 Å². The summed E-state index contributed by atoms with van der Waals surface area (Å²) in [7, 11) is -2.10. The van der Waals surface area contributed by atoms with Crippen molar-refractivity contribution >= 4 is 15.9 Å². The van der Waals surface area contributed by atoms with Gasteiger partial charge in [-0.2, -0.15) is 0 Å². The molecule has 23 heavy (non-hydrogen) atoms. The summed E-state index contributed by atoms with van der Waals surface area (Å²) < 4.78 is 26.2. The monoisotopic (exact) mass is 331 g/mol. The van der Waals surface area contributed by atoms with Crippen molar-refractivity contribution in [2.24, 2.45) is 0 Å². The summed E-state index contributed by atoms with van der Waals surface area (Å²) in [6.07, 6.45) is 3.87. The normalized spacial score (nSPS) is 14.4. The molecule has 0 unspecified atom stereocenters. The number of pyridine rings is 1. The van der Waals surface area contributed by atoms with Crippen molar-refractivity contribution in [1.82, 2.24) is 14.6 Å². The molecule has 1 amide bonds. The lowest BCUT2D eigenvalue weighted by Gasteiger charge is -2.29. The number of nitrogens with one attached hydrogen (secondary N) is 1. The van der Waals surface area contributed by atoms with Gasteiger partial charge in [0, 0.05) is 25.5 Å². The van der Waals surface area contributed by atoms with Crippen LogP contribution >= 0.6 is 0 Å². The Hall–Kier alpha value is -2.25. The van der Waals surface area contributed by atoms with E-state index < -0.39 is 10.0 Å². The molecule has 3 rings (SSSR count). The summed E-state index contributed by atoms with van der Waals surface area (Å²) in [5.41, 5.74) is 2.48. The molecule has 0 aliphatic carbocycles. The van der Waals surface area contributed by atoms with Crippen LogP contribution in [0, 0.1) is 0 Å². The van der Waals surface area contributed by atoms with Gasteiger partial charge in [0.05, 0.1) is 10.5 Å². The van der Waals surface area contributed by atoms with Crippen LogP contribution in [0.4, 0.5) is 0 Å². The Kier molecular flexibility index (Phi) is 4.14. The average Bonchev–Trinajstić information content (AvgIpc) is 2.60. The first-order valence-electron chi connectivity index (χ1n) is 7.26. The molecule has 6 nitrogen and oxygen atoms in total. The molecule has 0 saturated carbocycles. The van der Waals surface area contributed by atoms with E-state index in [2.05, 4.69) is 9.71 Å². The Morgan fingerprint density at radius 2 is 2.09 bits per heavy atom. The van der Waals surface area contributed by atoms with E-state index in [9.17, 15) is 13.2 Å². The zero-order valence-corrected chi connectivity index (χ0v) is 13.5. The second-order valence-electron chi connectivity index (χ2n) is 5.36. The highest BCUT2D eigenvalue weighted by molar-refractivity contribution is 7.89. The molecule has 0 fully saturated rings. The first kappa shape index (κ1) is 15.6. The topological polar surface area (TPSA) is 79.4 Å². The number of nitrogens with zero attached hydrogens (tertiary/aromatic N) is 2. The predicted octanol–water partition coefficient (Wildman–Crippen LogP) is 1.19. The minimum atomic E-state index is -3.49. The Bertz CT molecular complexity index is 835. The van der Waals surface area contributed by atoms with Crippen molar-refractivity contribution in [2.45, 2.75) is 17.9 Å². The smallest absolute Gasteiger partial charge is 0.255 e. The number of amides is 1. The number of benzene rings is 1. The maximum absolute atomic E-state index is 12.5. The van der Waals surface area contributed by atoms with Crippen LogP contribution in [0.3, 0.4) is 0 Å². The molecule has 7 heteroatoms. The van der Waals surface area contributed by atoms with E-state index in [1.165, 1.54) is 7.05 Å². The van der Waals surface area contributed by atoms with E-state index in [0.717, 1.165) is 11.1 Å². The van der Waals surface area contributed by atoms with Gasteiger partial charge in [0.15, 0.2) is 0 Å². The highest BCUT2D eigenvalue weighted by Gasteiger charge is 2.23. The fourth-order valence-electron chi connectivity index (χ4n) is 2.66. The quantitative estimate of drug-likeness (QED) is 0.916. The van der Waals surface area contributed by atoms with Gasteiger partial charge in [-0.05, 0) is 48.9 Å². The van der Waals surface area contributed by atoms with E-state index in [1.807, 2.05) is 6.07 Å². The number of aromatic nitrogens is 1. The second kappa shape index (κ2) is 6.10. The molecule has 0 radical (unpaired) electrons. The molecule has 1 aliphatic rings. The zero-order chi connectivity index (χ0) is 16.4. The molecule has 2 aromatic rings. The molecule has 0 atom stereocenters. The number of rotatable bonds is 3. The summed E-state index contributed by atoms with van der Waals surface area (Å²) in [5, 5.41) is 0. The zero-order valence-electron chi connectivity index (χ0n) is 12.7. The third-order valence-corrected chi connectivity index (χ3v) is 5.38. The van der Waals surface area contributed by atoms with E-state index >= 15 is 0 Å². The molecule has 120 valence electrons. The van der Waals surface area contributed by atoms with Gasteiger partial charge in [-0.25, -0.2) is 13.1 Å². The maximum atomic E-state index is 12.5. The van der Waals surface area contributed by atoms with Crippen molar-refractivity contribution in [3.8, 4) is 0 Å². The first-order chi connectivity index (χ1) is 11.0. The number of fused-ring (bicyclic) bond motifs is 1. The second-order valence-corrected chi connectivity index (χ2v) is 7.24. The van der Waals surface area contributed by atoms with Gasteiger partial charge in [-0.1, -0.05) is 6.07 Å². The van der Waals surface area contributed by atoms with Crippen LogP contribution in [-0.2, 0) is 23.0 Å². The van der Waals surface area contributed by atoms with Crippen molar-refractivity contribution in [2.75, 3.05) is 13.6 Å². The number of hydrogen-bond donors (Lipinski definition) is 1.